The minimum atomic E-state index is -0.545. The SMILES string of the molecule is C[C@H](Sc1ccc(Cl)cc1)C(=O)Nc1ccc([N+](=O)[O-])cc1Cl. The fourth-order valence-corrected chi connectivity index (χ4v) is 2.94. The Morgan fingerprint density at radius 1 is 1.22 bits per heavy atom. The minimum Gasteiger partial charge on any atom is -0.324 e. The molecule has 0 aliphatic carbocycles. The van der Waals surface area contributed by atoms with Gasteiger partial charge < -0.3 is 5.32 Å². The van der Waals surface area contributed by atoms with Crippen LogP contribution in [0.3, 0.4) is 0 Å². The van der Waals surface area contributed by atoms with E-state index in [1.807, 2.05) is 12.1 Å². The molecule has 5 nitrogen and oxygen atoms in total. The maximum atomic E-state index is 12.2. The predicted molar refractivity (Wildman–Crippen MR) is 93.5 cm³/mol. The molecule has 1 N–H and O–H groups in total. The maximum Gasteiger partial charge on any atom is 0.271 e. The highest BCUT2D eigenvalue weighted by Gasteiger charge is 2.17. The number of carbonyl (C=O) groups excluding carboxylic acids is 1. The third-order valence-corrected chi connectivity index (χ3v) is 4.59. The molecule has 2 rings (SSSR count). The molecule has 0 unspecified atom stereocenters. The number of halogens is 2. The van der Waals surface area contributed by atoms with Crippen LogP contribution in [0, 0.1) is 10.1 Å². The van der Waals surface area contributed by atoms with Crippen LogP contribution in [0.1, 0.15) is 6.92 Å². The van der Waals surface area contributed by atoms with Crippen LogP contribution in [0.15, 0.2) is 47.4 Å². The Morgan fingerprint density at radius 2 is 1.87 bits per heavy atom. The fourth-order valence-electron chi connectivity index (χ4n) is 1.72. The van der Waals surface area contributed by atoms with Crippen LogP contribution >= 0.6 is 35.0 Å². The number of nitrogens with one attached hydrogen (secondary N) is 1. The van der Waals surface area contributed by atoms with E-state index in [9.17, 15) is 14.9 Å². The Kier molecular flexibility index (Phi) is 5.87. The van der Waals surface area contributed by atoms with Crippen LogP contribution < -0.4 is 5.32 Å². The normalized spacial score (nSPS) is 11.8. The van der Waals surface area contributed by atoms with Gasteiger partial charge in [0.05, 0.1) is 20.9 Å². The number of rotatable bonds is 5. The Labute approximate surface area is 147 Å². The molecule has 0 bridgehead atoms. The summed E-state index contributed by atoms with van der Waals surface area (Å²) in [5, 5.41) is 13.7. The first kappa shape index (κ1) is 17.6. The van der Waals surface area contributed by atoms with Gasteiger partial charge >= 0.3 is 0 Å². The number of non-ortho nitro benzene ring substituents is 1. The van der Waals surface area contributed by atoms with E-state index in [4.69, 9.17) is 23.2 Å². The second-order valence-corrected chi connectivity index (χ2v) is 6.88. The van der Waals surface area contributed by atoms with Gasteiger partial charge in [-0.1, -0.05) is 23.2 Å². The van der Waals surface area contributed by atoms with Gasteiger partial charge in [0.25, 0.3) is 5.69 Å². The summed E-state index contributed by atoms with van der Waals surface area (Å²) >= 11 is 13.2. The number of hydrogen-bond donors (Lipinski definition) is 1. The number of thioether (sulfide) groups is 1. The van der Waals surface area contributed by atoms with Crippen molar-refractivity contribution in [1.29, 1.82) is 0 Å². The molecule has 23 heavy (non-hydrogen) atoms. The first-order valence-electron chi connectivity index (χ1n) is 6.54. The molecule has 0 aliphatic heterocycles. The summed E-state index contributed by atoms with van der Waals surface area (Å²) in [5.74, 6) is -0.249. The third kappa shape index (κ3) is 4.86. The van der Waals surface area contributed by atoms with E-state index in [0.29, 0.717) is 10.7 Å². The summed E-state index contributed by atoms with van der Waals surface area (Å²) in [6.45, 7) is 1.76. The smallest absolute Gasteiger partial charge is 0.271 e. The zero-order valence-electron chi connectivity index (χ0n) is 12.0. The lowest BCUT2D eigenvalue weighted by Gasteiger charge is -2.13. The van der Waals surface area contributed by atoms with Crippen molar-refractivity contribution in [2.45, 2.75) is 17.1 Å². The quantitative estimate of drug-likeness (QED) is 0.455. The zero-order chi connectivity index (χ0) is 17.0. The molecule has 1 atom stereocenters. The number of anilines is 1. The van der Waals surface area contributed by atoms with Crippen LogP contribution in [0.2, 0.25) is 10.0 Å². The molecule has 0 fully saturated rings. The van der Waals surface area contributed by atoms with Gasteiger partial charge in [0.15, 0.2) is 0 Å². The molecule has 0 radical (unpaired) electrons. The topological polar surface area (TPSA) is 72.2 Å². The predicted octanol–water partition coefficient (Wildman–Crippen LogP) is 5.02. The van der Waals surface area contributed by atoms with Crippen LogP contribution in [-0.4, -0.2) is 16.1 Å². The van der Waals surface area contributed by atoms with Gasteiger partial charge in [-0.05, 0) is 37.3 Å². The summed E-state index contributed by atoms with van der Waals surface area (Å²) < 4.78 is 0. The lowest BCUT2D eigenvalue weighted by Crippen LogP contribution is -2.22. The van der Waals surface area contributed by atoms with Crippen molar-refractivity contribution in [1.82, 2.24) is 0 Å². The van der Waals surface area contributed by atoms with Gasteiger partial charge in [0, 0.05) is 22.1 Å². The highest BCUT2D eigenvalue weighted by atomic mass is 35.5. The zero-order valence-corrected chi connectivity index (χ0v) is 14.3. The molecule has 8 heteroatoms. The number of nitro benzene ring substituents is 1. The largest absolute Gasteiger partial charge is 0.324 e. The molecule has 0 aromatic heterocycles. The van der Waals surface area contributed by atoms with Crippen LogP contribution in [-0.2, 0) is 4.79 Å². The number of amides is 1. The standard InChI is InChI=1S/C15H12Cl2N2O3S/c1-9(23-12-5-2-10(16)3-6-12)15(20)18-14-7-4-11(19(21)22)8-13(14)17/h2-9H,1H3,(H,18,20)/t9-/m0/s1. The highest BCUT2D eigenvalue weighted by molar-refractivity contribution is 8.00. The molecular weight excluding hydrogens is 359 g/mol. The molecule has 0 heterocycles. The summed E-state index contributed by atoms with van der Waals surface area (Å²) in [7, 11) is 0. The molecule has 120 valence electrons. The molecule has 2 aromatic rings. The lowest BCUT2D eigenvalue weighted by atomic mass is 10.2. The van der Waals surface area contributed by atoms with Gasteiger partial charge in [-0.2, -0.15) is 0 Å². The van der Waals surface area contributed by atoms with Crippen molar-refractivity contribution in [3.63, 3.8) is 0 Å². The second kappa shape index (κ2) is 7.68. The second-order valence-electron chi connectivity index (χ2n) is 4.62. The van der Waals surface area contributed by atoms with E-state index in [1.165, 1.54) is 30.0 Å². The van der Waals surface area contributed by atoms with Gasteiger partial charge in [0.2, 0.25) is 5.91 Å². The Balaban J connectivity index is 2.03. The third-order valence-electron chi connectivity index (χ3n) is 2.92. The summed E-state index contributed by atoms with van der Waals surface area (Å²) in [6, 6.07) is 11.1. The van der Waals surface area contributed by atoms with Gasteiger partial charge in [0.1, 0.15) is 0 Å². The average Bonchev–Trinajstić information content (AvgIpc) is 2.51. The van der Waals surface area contributed by atoms with E-state index in [0.717, 1.165) is 4.90 Å². The van der Waals surface area contributed by atoms with Crippen molar-refractivity contribution >= 4 is 52.2 Å². The fraction of sp³-hybridized carbons (Fsp3) is 0.133. The number of nitro groups is 1. The Hall–Kier alpha value is -1.76. The summed E-state index contributed by atoms with van der Waals surface area (Å²) in [6.07, 6.45) is 0. The summed E-state index contributed by atoms with van der Waals surface area (Å²) in [4.78, 5) is 23.2. The Bertz CT molecular complexity index is 738. The maximum absolute atomic E-state index is 12.2. The van der Waals surface area contributed by atoms with E-state index in [1.54, 1.807) is 19.1 Å². The first-order valence-corrected chi connectivity index (χ1v) is 8.17. The van der Waals surface area contributed by atoms with Crippen molar-refractivity contribution in [3.8, 4) is 0 Å². The van der Waals surface area contributed by atoms with E-state index in [2.05, 4.69) is 5.32 Å². The van der Waals surface area contributed by atoms with E-state index < -0.39 is 4.92 Å². The van der Waals surface area contributed by atoms with Crippen molar-refractivity contribution in [3.05, 3.63) is 62.6 Å². The van der Waals surface area contributed by atoms with Crippen molar-refractivity contribution in [2.75, 3.05) is 5.32 Å². The Morgan fingerprint density at radius 3 is 2.43 bits per heavy atom. The number of benzene rings is 2. The molecule has 0 saturated heterocycles. The van der Waals surface area contributed by atoms with E-state index in [-0.39, 0.29) is 21.9 Å². The molecule has 1 amide bonds. The minimum absolute atomic E-state index is 0.122. The molecule has 0 spiro atoms. The number of carbonyl (C=O) groups is 1. The van der Waals surface area contributed by atoms with Gasteiger partial charge in [-0.3, -0.25) is 14.9 Å². The molecule has 0 saturated carbocycles. The molecule has 0 aliphatic rings. The van der Waals surface area contributed by atoms with Gasteiger partial charge in [-0.25, -0.2) is 0 Å². The first-order chi connectivity index (χ1) is 10.9. The number of hydrogen-bond acceptors (Lipinski definition) is 4. The highest BCUT2D eigenvalue weighted by Crippen LogP contribution is 2.29. The molecular formula is C15H12Cl2N2O3S. The van der Waals surface area contributed by atoms with Crippen LogP contribution in [0.5, 0.6) is 0 Å². The van der Waals surface area contributed by atoms with Crippen molar-refractivity contribution in [2.24, 2.45) is 0 Å². The summed E-state index contributed by atoms with van der Waals surface area (Å²) in [5.41, 5.74) is 0.211. The average molecular weight is 371 g/mol. The van der Waals surface area contributed by atoms with Crippen molar-refractivity contribution < 1.29 is 9.72 Å². The van der Waals surface area contributed by atoms with Crippen LogP contribution in [0.4, 0.5) is 11.4 Å². The monoisotopic (exact) mass is 370 g/mol. The van der Waals surface area contributed by atoms with Crippen LogP contribution in [0.25, 0.3) is 0 Å². The number of nitrogens with zero attached hydrogens (tertiary/aromatic N) is 1. The van der Waals surface area contributed by atoms with Gasteiger partial charge in [-0.15, -0.1) is 11.8 Å². The molecule has 2 aromatic carbocycles. The lowest BCUT2D eigenvalue weighted by molar-refractivity contribution is -0.384. The van der Waals surface area contributed by atoms with E-state index >= 15 is 0 Å².